The van der Waals surface area contributed by atoms with Crippen molar-refractivity contribution in [3.05, 3.63) is 138 Å². The lowest BCUT2D eigenvalue weighted by molar-refractivity contribution is -0.140. The first-order chi connectivity index (χ1) is 51.8. The predicted molar refractivity (Wildman–Crippen MR) is 426 cm³/mol. The predicted octanol–water partition coefficient (Wildman–Crippen LogP) is 14.4. The summed E-state index contributed by atoms with van der Waals surface area (Å²) in [6, 6.07) is 29.7. The van der Waals surface area contributed by atoms with Crippen molar-refractivity contribution >= 4 is 100 Å². The molecule has 0 bridgehead atoms. The zero-order valence-electron chi connectivity index (χ0n) is 64.8. The third-order valence-corrected chi connectivity index (χ3v) is 28.5. The van der Waals surface area contributed by atoms with Crippen molar-refractivity contribution in [3.63, 3.8) is 0 Å². The van der Waals surface area contributed by atoms with Crippen LogP contribution in [0.3, 0.4) is 0 Å². The maximum Gasteiger partial charge on any atom is 0.297 e. The fraction of sp³-hybridized carbons (Fsp3) is 0.571. The topological polar surface area (TPSA) is 290 Å². The normalized spacial score (nSPS) is 27.6. The van der Waals surface area contributed by atoms with Crippen LogP contribution in [0.25, 0.3) is 22.1 Å². The van der Waals surface area contributed by atoms with Gasteiger partial charge in [0.25, 0.3) is 6.01 Å². The van der Waals surface area contributed by atoms with E-state index < -0.39 is 88.6 Å². The number of rotatable bonds is 16. The molecule has 4 aliphatic heterocycles. The number of hydrogen-bond donors (Lipinski definition) is 5. The highest BCUT2D eigenvalue weighted by atomic mass is 35.5. The molecule has 0 spiro atoms. The molecule has 25 heteroatoms. The number of halogens is 1. The first-order valence-corrected chi connectivity index (χ1v) is 42.9. The Morgan fingerprint density at radius 3 is 1.43 bits per heavy atom. The van der Waals surface area contributed by atoms with Crippen LogP contribution in [0.4, 0.5) is 11.4 Å². The van der Waals surface area contributed by atoms with Crippen molar-refractivity contribution in [2.24, 2.45) is 22.7 Å². The van der Waals surface area contributed by atoms with Crippen LogP contribution in [-0.4, -0.2) is 145 Å². The van der Waals surface area contributed by atoms with E-state index in [-0.39, 0.29) is 80.0 Å². The number of fused-ring (bicyclic) bond motifs is 6. The number of Topliss-reactive ketones (excluding diaryl/α,β-unsaturated/α-hetero) is 2. The highest BCUT2D eigenvalue weighted by molar-refractivity contribution is 7.92. The summed E-state index contributed by atoms with van der Waals surface area (Å²) in [5.74, 6) is -1.91. The van der Waals surface area contributed by atoms with Crippen LogP contribution in [-0.2, 0) is 48.8 Å². The van der Waals surface area contributed by atoms with Gasteiger partial charge in [0.05, 0.1) is 67.1 Å². The molecular formula is C84H111ClN10O12S2. The summed E-state index contributed by atoms with van der Waals surface area (Å²) >= 11 is 6.15. The number of nitrogens with one attached hydrogen (secondary N) is 4. The van der Waals surface area contributed by atoms with Gasteiger partial charge in [-0.15, -0.1) is 0 Å². The number of hydrogen-bond acceptors (Lipinski definition) is 16. The van der Waals surface area contributed by atoms with E-state index in [1.165, 1.54) is 16.0 Å². The van der Waals surface area contributed by atoms with Crippen molar-refractivity contribution in [2.75, 3.05) is 23.7 Å². The second-order valence-electron chi connectivity index (χ2n) is 33.6. The van der Waals surface area contributed by atoms with E-state index in [1.807, 2.05) is 78.9 Å². The minimum atomic E-state index is -3.90. The van der Waals surface area contributed by atoms with Crippen LogP contribution in [0.1, 0.15) is 233 Å². The van der Waals surface area contributed by atoms with Gasteiger partial charge in [-0.3, -0.25) is 42.8 Å². The Balaban J connectivity index is 0.000000174. The average molecular weight is 1550 g/mol. The molecule has 6 fully saturated rings. The highest BCUT2D eigenvalue weighted by Crippen LogP contribution is 2.59. The molecule has 8 aliphatic rings. The molecular weight excluding hydrogens is 1440 g/mol. The van der Waals surface area contributed by atoms with E-state index in [1.54, 1.807) is 18.7 Å². The molecule has 2 aromatic heterocycles. The van der Waals surface area contributed by atoms with E-state index in [0.717, 1.165) is 84.8 Å². The molecule has 2 saturated heterocycles. The number of sulfonamides is 2. The molecule has 5 N–H and O–H groups in total. The Morgan fingerprint density at radius 1 is 0.560 bits per heavy atom. The summed E-state index contributed by atoms with van der Waals surface area (Å²) in [6.45, 7) is 20.5. The van der Waals surface area contributed by atoms with E-state index >= 15 is 0 Å². The van der Waals surface area contributed by atoms with Gasteiger partial charge in [-0.25, -0.2) is 21.8 Å². The van der Waals surface area contributed by atoms with Gasteiger partial charge in [0.2, 0.25) is 49.0 Å². The fourth-order valence-electron chi connectivity index (χ4n) is 16.1. The Morgan fingerprint density at radius 2 is 0.991 bits per heavy atom. The van der Waals surface area contributed by atoms with E-state index in [4.69, 9.17) is 21.3 Å². The largest absolute Gasteiger partial charge is 0.459 e. The first-order valence-electron chi connectivity index (χ1n) is 39.6. The molecule has 4 aliphatic carbocycles. The fourth-order valence-corrected chi connectivity index (χ4v) is 19.1. The SMILES string of the molecule is CC(C)c1ccc2c(c1)nc(Cl)n2C(C)C.CC(C)c1ccc2c(c1)nc(O[C@@H]1C[C@H]3C(=O)C[C@]4(C(=O)NS(=O)(=O)C5(C)CC5)C[C@H]4/C=C\CCCCC[C@H](Nc4ccccc4)C(=O)N3C1)n2C(C)C.CC1(S(=O)(=O)NC(=O)[C@]23CC(=O)[C@@H]4C[C@@H](O)CN4C(=O)[C@@H](Nc4ccccc4)CCCCC/C=C\[C@@H]2C3)CC1. The number of imidazole rings is 2. The van der Waals surface area contributed by atoms with Crippen LogP contribution < -0.4 is 24.8 Å². The van der Waals surface area contributed by atoms with E-state index in [9.17, 15) is 50.7 Å². The van der Waals surface area contributed by atoms with Gasteiger partial charge in [0, 0.05) is 55.7 Å². The number of anilines is 2. The minimum absolute atomic E-state index is 0.0388. The van der Waals surface area contributed by atoms with Crippen molar-refractivity contribution in [3.8, 4) is 6.01 Å². The molecule has 22 nitrogen and oxygen atoms in total. The molecule has 109 heavy (non-hydrogen) atoms. The maximum atomic E-state index is 14.7. The van der Waals surface area contributed by atoms with Gasteiger partial charge in [-0.1, -0.05) is 126 Å². The number of ketones is 2. The number of aliphatic hydroxyl groups is 1. The Bertz CT molecular complexity index is 4650. The Hall–Kier alpha value is -7.93. The first kappa shape index (κ1) is 80.6. The van der Waals surface area contributed by atoms with Gasteiger partial charge >= 0.3 is 0 Å². The molecule has 6 heterocycles. The van der Waals surface area contributed by atoms with Crippen LogP contribution in [0.2, 0.25) is 5.28 Å². The lowest BCUT2D eigenvalue weighted by Gasteiger charge is -2.30. The zero-order valence-corrected chi connectivity index (χ0v) is 67.2. The van der Waals surface area contributed by atoms with Gasteiger partial charge in [0.15, 0.2) is 11.6 Å². The third-order valence-electron chi connectivity index (χ3n) is 23.9. The smallest absolute Gasteiger partial charge is 0.297 e. The van der Waals surface area contributed by atoms with Gasteiger partial charge in [0.1, 0.15) is 18.2 Å². The number of aliphatic hydroxyl groups excluding tert-OH is 1. The van der Waals surface area contributed by atoms with Crippen LogP contribution >= 0.6 is 11.6 Å². The molecule has 14 rings (SSSR count). The standard InChI is InChI=1S/C42H55N5O6S.C29H39N3O6S.C13H17ClN2/c1-27(2)29-18-19-35-34(22-29)44-40(47(35)28(3)4)53-32-23-36-37(48)25-42(39(50)45-54(51,52)41(5)20-21-41)24-30(42)14-10-7-6-8-13-17-33(38(49)46(36)26-32)43-31-15-11-9-12-16-31;1-28(14-15-28)39(37,38)31-27(36)29-17-20(29)10-6-3-2-4-9-13-23(30-21-11-7-5-8-12-21)26(35)32-19-22(33)16-24(32)25(34)18-29;1-8(2)10-5-6-12-11(7-10)15-13(14)16(12)9(3)4/h9-12,14-16,18-19,22,27-28,30,32-33,36,43H,6-8,13,17,20-21,23-26H2,1-5H3,(H,45,50);5-8,10-12,20,22-24,30,33H,2-4,9,13-19H2,1H3,(H,31,36);5-9H,1-4H3/b14-10-;10-6-;/t30-,32-,33+,36+,42-;20-,22-,23+,24+,29-;/m11./s1. The molecule has 4 saturated carbocycles. The summed E-state index contributed by atoms with van der Waals surface area (Å²) in [4.78, 5) is 96.7. The second-order valence-corrected chi connectivity index (χ2v) is 38.4. The van der Waals surface area contributed by atoms with Crippen LogP contribution in [0.15, 0.2) is 121 Å². The maximum absolute atomic E-state index is 14.7. The number of allylic oxidation sites excluding steroid dienone is 4. The second kappa shape index (κ2) is 32.8. The quantitative estimate of drug-likeness (QED) is 0.0563. The molecule has 0 radical (unpaired) electrons. The summed E-state index contributed by atoms with van der Waals surface area (Å²) in [7, 11) is -7.75. The van der Waals surface area contributed by atoms with Gasteiger partial charge < -0.3 is 34.8 Å². The van der Waals surface area contributed by atoms with Crippen LogP contribution in [0, 0.1) is 22.7 Å². The number of carbonyl (C=O) groups is 6. The number of benzene rings is 4. The number of ether oxygens (including phenoxy) is 1. The van der Waals surface area contributed by atoms with Crippen molar-refractivity contribution in [2.45, 2.75) is 267 Å². The molecule has 6 aromatic rings. The number of carbonyl (C=O) groups excluding carboxylic acids is 6. The van der Waals surface area contributed by atoms with Crippen molar-refractivity contribution in [1.82, 2.24) is 38.3 Å². The summed E-state index contributed by atoms with van der Waals surface area (Å²) in [5, 5.41) is 17.9. The van der Waals surface area contributed by atoms with Crippen LogP contribution in [0.5, 0.6) is 6.01 Å². The monoisotopic (exact) mass is 1550 g/mol. The number of nitrogens with zero attached hydrogens (tertiary/aromatic N) is 6. The zero-order chi connectivity index (χ0) is 78.1. The molecule has 4 amide bonds. The lowest BCUT2D eigenvalue weighted by Crippen LogP contribution is -2.49. The summed E-state index contributed by atoms with van der Waals surface area (Å²) in [5.41, 5.74) is 5.64. The van der Waals surface area contributed by atoms with E-state index in [2.05, 4.69) is 132 Å². The lowest BCUT2D eigenvalue weighted by atomic mass is 9.91. The summed E-state index contributed by atoms with van der Waals surface area (Å²) in [6.07, 6.45) is 17.5. The van der Waals surface area contributed by atoms with Gasteiger partial charge in [-0.2, -0.15) is 4.98 Å². The average Bonchev–Trinajstić information content (AvgIpc) is 1.57. The number of aromatic nitrogens is 4. The van der Waals surface area contributed by atoms with Gasteiger partial charge in [-0.05, 0) is 214 Å². The van der Waals surface area contributed by atoms with Crippen molar-refractivity contribution < 1.29 is 55.4 Å². The molecule has 588 valence electrons. The van der Waals surface area contributed by atoms with E-state index in [0.29, 0.717) is 80.5 Å². The molecule has 10 atom stereocenters. The summed E-state index contributed by atoms with van der Waals surface area (Å²) < 4.78 is 65.7. The number of amides is 4. The molecule has 4 aromatic carbocycles. The number of para-hydroxylation sites is 2. The Labute approximate surface area is 647 Å². The Kier molecular flexibility index (Phi) is 24.2. The highest BCUT2D eigenvalue weighted by Gasteiger charge is 2.64. The molecule has 0 unspecified atom stereocenters. The third kappa shape index (κ3) is 17.9. The van der Waals surface area contributed by atoms with Crippen molar-refractivity contribution in [1.29, 1.82) is 0 Å². The minimum Gasteiger partial charge on any atom is -0.459 e.